The first kappa shape index (κ1) is 28.3. The van der Waals surface area contributed by atoms with Crippen LogP contribution in [0.2, 0.25) is 0 Å². The molecule has 1 aromatic rings. The molecule has 0 radical (unpaired) electrons. The fraction of sp³-hybridized carbons (Fsp3) is 0.667. The van der Waals surface area contributed by atoms with Crippen LogP contribution in [0.1, 0.15) is 27.7 Å². The molecule has 1 aromatic carbocycles. The van der Waals surface area contributed by atoms with Gasteiger partial charge in [0.25, 0.3) is 7.07 Å². The van der Waals surface area contributed by atoms with Gasteiger partial charge in [-0.1, -0.05) is 4.76 Å². The number of ether oxygens (including phenoxy) is 5. The predicted molar refractivity (Wildman–Crippen MR) is 135 cm³/mol. The summed E-state index contributed by atoms with van der Waals surface area (Å²) in [6.07, 6.45) is -0.278. The Labute approximate surface area is 208 Å². The van der Waals surface area contributed by atoms with Crippen molar-refractivity contribution in [1.82, 2.24) is 0 Å². The second-order valence-electron chi connectivity index (χ2n) is 7.50. The van der Waals surface area contributed by atoms with E-state index in [9.17, 15) is 0 Å². The van der Waals surface area contributed by atoms with Crippen LogP contribution in [0, 0.1) is 0 Å². The quantitative estimate of drug-likeness (QED) is 0.257. The Morgan fingerprint density at radius 3 is 1.85 bits per heavy atom. The van der Waals surface area contributed by atoms with Crippen LogP contribution in [0.5, 0.6) is 11.5 Å². The molecule has 1 N–H and O–H groups in total. The Balaban J connectivity index is 2.11. The first-order chi connectivity index (χ1) is 15.8. The number of fused-ring (bicyclic) bond motifs is 1. The topological polar surface area (TPSA) is 89.0 Å². The van der Waals surface area contributed by atoms with Gasteiger partial charge in [0.05, 0.1) is 51.8 Å². The summed E-state index contributed by atoms with van der Waals surface area (Å²) in [4.78, 5) is 0. The molecule has 12 heteroatoms. The summed E-state index contributed by atoms with van der Waals surface area (Å²) in [5.74, 6) is 1.14. The fourth-order valence-corrected chi connectivity index (χ4v) is 6.00. The van der Waals surface area contributed by atoms with Gasteiger partial charge in [-0.05, 0) is 39.8 Å². The van der Waals surface area contributed by atoms with E-state index < -0.39 is 7.07 Å². The van der Waals surface area contributed by atoms with Crippen LogP contribution < -0.4 is 14.8 Å². The van der Waals surface area contributed by atoms with Crippen LogP contribution in [0.4, 0.5) is 5.69 Å². The van der Waals surface area contributed by atoms with Crippen molar-refractivity contribution >= 4 is 42.8 Å². The molecule has 1 heterocycles. The van der Waals surface area contributed by atoms with Gasteiger partial charge in [0, 0.05) is 16.9 Å². The molecule has 1 aliphatic rings. The largest absolute Gasteiger partial charge is 0.739 e. The smallest absolute Gasteiger partial charge is 0.277 e. The van der Waals surface area contributed by atoms with Gasteiger partial charge >= 0.3 is 0 Å². The van der Waals surface area contributed by atoms with Crippen LogP contribution in [0.15, 0.2) is 23.0 Å². The van der Waals surface area contributed by atoms with E-state index in [4.69, 9.17) is 57.6 Å². The maximum atomic E-state index is 5.88. The number of nitrogens with zero attached hydrogens (tertiary/aromatic N) is 1. The van der Waals surface area contributed by atoms with Gasteiger partial charge in [0.15, 0.2) is 11.5 Å². The zero-order chi connectivity index (χ0) is 24.1. The number of hydrogen-bond acceptors (Lipinski definition) is 10. The highest BCUT2D eigenvalue weighted by molar-refractivity contribution is 8.37. The maximum Gasteiger partial charge on any atom is 0.277 e. The molecule has 1 aliphatic heterocycles. The SMILES string of the molecule is CC(C)O[P+]([S-])(N=C([S-])Nc1ccc2c(c1)OCCOCCOCCOCCO2)OC(C)C. The van der Waals surface area contributed by atoms with Crippen molar-refractivity contribution in [3.8, 4) is 11.5 Å². The van der Waals surface area contributed by atoms with Crippen LogP contribution >= 0.6 is 7.07 Å². The molecule has 9 nitrogen and oxygen atoms in total. The van der Waals surface area contributed by atoms with Crippen molar-refractivity contribution in [3.05, 3.63) is 18.2 Å². The average Bonchev–Trinajstić information content (AvgIpc) is 2.71. The molecule has 33 heavy (non-hydrogen) atoms. The van der Waals surface area contributed by atoms with Crippen molar-refractivity contribution in [3.63, 3.8) is 0 Å². The lowest BCUT2D eigenvalue weighted by molar-refractivity contribution is 0.00708. The van der Waals surface area contributed by atoms with Crippen LogP contribution in [-0.4, -0.2) is 70.2 Å². The molecule has 2 rings (SSSR count). The van der Waals surface area contributed by atoms with Crippen LogP contribution in [0.3, 0.4) is 0 Å². The Kier molecular flexibility index (Phi) is 13.0. The molecular weight excluding hydrogens is 487 g/mol. The summed E-state index contributed by atoms with van der Waals surface area (Å²) >= 11 is 11.0. The number of benzene rings is 1. The zero-order valence-corrected chi connectivity index (χ0v) is 22.1. The highest BCUT2D eigenvalue weighted by Gasteiger charge is 2.30. The molecule has 0 fully saturated rings. The van der Waals surface area contributed by atoms with Crippen LogP contribution in [0.25, 0.3) is 0 Å². The second kappa shape index (κ2) is 15.2. The summed E-state index contributed by atoms with van der Waals surface area (Å²) in [6, 6.07) is 5.41. The number of rotatable bonds is 6. The number of amidine groups is 1. The number of anilines is 1. The van der Waals surface area contributed by atoms with Gasteiger partial charge in [-0.2, -0.15) is 0 Å². The molecule has 0 saturated carbocycles. The zero-order valence-electron chi connectivity index (χ0n) is 19.6. The summed E-state index contributed by atoms with van der Waals surface area (Å²) in [6.45, 7) is 11.2. The van der Waals surface area contributed by atoms with E-state index in [-0.39, 0.29) is 17.4 Å². The lowest BCUT2D eigenvalue weighted by Gasteiger charge is -2.29. The van der Waals surface area contributed by atoms with Crippen molar-refractivity contribution < 1.29 is 32.7 Å². The molecule has 0 spiro atoms. The monoisotopic (exact) mass is 521 g/mol. The molecular formula is C21H34N2O7PS2-. The van der Waals surface area contributed by atoms with Crippen molar-refractivity contribution in [2.45, 2.75) is 39.9 Å². The molecule has 0 aromatic heterocycles. The Morgan fingerprint density at radius 1 is 0.848 bits per heavy atom. The predicted octanol–water partition coefficient (Wildman–Crippen LogP) is 3.90. The van der Waals surface area contributed by atoms with E-state index in [1.54, 1.807) is 12.1 Å². The van der Waals surface area contributed by atoms with E-state index in [1.165, 1.54) is 0 Å². The minimum Gasteiger partial charge on any atom is -0.739 e. The average molecular weight is 522 g/mol. The summed E-state index contributed by atoms with van der Waals surface area (Å²) in [5.41, 5.74) is 0.672. The summed E-state index contributed by atoms with van der Waals surface area (Å²) < 4.78 is 44.1. The summed E-state index contributed by atoms with van der Waals surface area (Å²) in [5, 5.41) is 3.24. The van der Waals surface area contributed by atoms with Gasteiger partial charge in [-0.3, -0.25) is 0 Å². The van der Waals surface area contributed by atoms with Gasteiger partial charge in [-0.25, -0.2) is 9.05 Å². The Hall–Kier alpha value is -0.910. The Morgan fingerprint density at radius 2 is 1.33 bits per heavy atom. The van der Waals surface area contributed by atoms with E-state index in [2.05, 4.69) is 10.1 Å². The molecule has 0 saturated heterocycles. The Bertz CT molecular complexity index is 731. The van der Waals surface area contributed by atoms with E-state index in [1.807, 2.05) is 33.8 Å². The van der Waals surface area contributed by atoms with Crippen molar-refractivity contribution in [1.29, 1.82) is 0 Å². The van der Waals surface area contributed by atoms with E-state index >= 15 is 0 Å². The van der Waals surface area contributed by atoms with Gasteiger partial charge in [0.2, 0.25) is 0 Å². The minimum atomic E-state index is -2.93. The van der Waals surface area contributed by atoms with Crippen molar-refractivity contribution in [2.24, 2.45) is 4.76 Å². The molecule has 0 unspecified atom stereocenters. The molecule has 0 amide bonds. The summed E-state index contributed by atoms with van der Waals surface area (Å²) in [7, 11) is -2.93. The third kappa shape index (κ3) is 11.9. The lowest BCUT2D eigenvalue weighted by atomic mass is 10.2. The third-order valence-corrected chi connectivity index (χ3v) is 6.72. The van der Waals surface area contributed by atoms with E-state index in [0.29, 0.717) is 70.0 Å². The van der Waals surface area contributed by atoms with Gasteiger partial charge < -0.3 is 53.9 Å². The second-order valence-corrected chi connectivity index (χ2v) is 10.8. The number of hydrogen-bond donors (Lipinski definition) is 1. The number of nitrogens with one attached hydrogen (secondary N) is 1. The fourth-order valence-electron chi connectivity index (χ4n) is 2.65. The first-order valence-corrected chi connectivity index (χ1v) is 13.9. The molecule has 0 aliphatic carbocycles. The lowest BCUT2D eigenvalue weighted by Crippen LogP contribution is -2.15. The maximum absolute atomic E-state index is 5.88. The first-order valence-electron chi connectivity index (χ1n) is 10.9. The van der Waals surface area contributed by atoms with Gasteiger partial charge in [-0.15, -0.1) is 0 Å². The van der Waals surface area contributed by atoms with Crippen LogP contribution in [-0.2, 0) is 48.1 Å². The highest BCUT2D eigenvalue weighted by Crippen LogP contribution is 2.62. The standard InChI is InChI=1S/C21H35N2O7PS2/c1-16(2)29-31(33,30-17(3)4)23-21(32)22-18-5-6-19-20(15-18)28-14-12-26-10-8-24-7-9-25-11-13-27-19/h5-6,15-17H,7-14H2,1-4H3,(H2,22,23,32,33)/p-1. The van der Waals surface area contributed by atoms with Crippen molar-refractivity contribution in [2.75, 3.05) is 58.2 Å². The van der Waals surface area contributed by atoms with E-state index in [0.717, 1.165) is 0 Å². The normalized spacial score (nSPS) is 17.5. The van der Waals surface area contributed by atoms with Gasteiger partial charge in [0.1, 0.15) is 13.2 Å². The highest BCUT2D eigenvalue weighted by atomic mass is 32.7. The molecule has 0 atom stereocenters. The minimum absolute atomic E-state index is 0.139. The third-order valence-electron chi connectivity index (χ3n) is 3.81. The molecule has 188 valence electrons. The molecule has 0 bridgehead atoms.